The molecule has 0 radical (unpaired) electrons. The molecule has 160 valence electrons. The van der Waals surface area contributed by atoms with Gasteiger partial charge in [-0.25, -0.2) is 4.39 Å². The molecule has 1 aromatic rings. The highest BCUT2D eigenvalue weighted by Gasteiger charge is 2.38. The number of benzene rings is 1. The molecule has 7 nitrogen and oxygen atoms in total. The molecular formula is C21H31FN4O3. The molecule has 0 bridgehead atoms. The van der Waals surface area contributed by atoms with Crippen molar-refractivity contribution >= 4 is 23.2 Å². The fourth-order valence-electron chi connectivity index (χ4n) is 3.62. The number of anilines is 2. The highest BCUT2D eigenvalue weighted by Crippen LogP contribution is 2.32. The molecule has 29 heavy (non-hydrogen) atoms. The molecule has 0 spiro atoms. The fourth-order valence-corrected chi connectivity index (χ4v) is 3.62. The Balaban J connectivity index is 1.72. The molecular weight excluding hydrogens is 375 g/mol. The van der Waals surface area contributed by atoms with Crippen molar-refractivity contribution in [2.75, 3.05) is 43.1 Å². The topological polar surface area (TPSA) is 87.9 Å². The lowest BCUT2D eigenvalue weighted by molar-refractivity contribution is -0.125. The summed E-state index contributed by atoms with van der Waals surface area (Å²) in [6, 6.07) is 4.23. The normalized spacial score (nSPS) is 18.8. The number of nitrogens with zero attached hydrogens (tertiary/aromatic N) is 2. The van der Waals surface area contributed by atoms with Crippen LogP contribution in [0.15, 0.2) is 18.2 Å². The standard InChI is InChI=1S/C21H31FN4O3/c1-21(2,3)13-26(14-4-5-14)18(11-23)20(28)24-17-7-6-15(10-16(17)22)25-8-9-29-12-19(25)27/h6-7,10,14,18H,4-5,8-9,11-13,23H2,1-3H3,(H,24,28)/t18-/m0/s1. The molecule has 0 unspecified atom stereocenters. The van der Waals surface area contributed by atoms with Crippen LogP contribution in [0.3, 0.4) is 0 Å². The Kier molecular flexibility index (Phi) is 6.55. The Labute approximate surface area is 171 Å². The van der Waals surface area contributed by atoms with Crippen molar-refractivity contribution in [3.63, 3.8) is 0 Å². The summed E-state index contributed by atoms with van der Waals surface area (Å²) in [6.45, 7) is 8.06. The van der Waals surface area contributed by atoms with Gasteiger partial charge in [0.1, 0.15) is 18.5 Å². The smallest absolute Gasteiger partial charge is 0.253 e. The van der Waals surface area contributed by atoms with Crippen LogP contribution in [0.5, 0.6) is 0 Å². The third-order valence-electron chi connectivity index (χ3n) is 5.11. The van der Waals surface area contributed by atoms with Crippen molar-refractivity contribution in [1.82, 2.24) is 4.90 Å². The minimum absolute atomic E-state index is 0.0108. The number of hydrogen-bond donors (Lipinski definition) is 2. The molecule has 2 fully saturated rings. The average Bonchev–Trinajstić information content (AvgIpc) is 3.48. The van der Waals surface area contributed by atoms with Gasteiger partial charge in [-0.15, -0.1) is 0 Å². The second-order valence-electron chi connectivity index (χ2n) is 8.97. The summed E-state index contributed by atoms with van der Waals surface area (Å²) in [5.74, 6) is -1.10. The van der Waals surface area contributed by atoms with Crippen LogP contribution in [0.2, 0.25) is 0 Å². The van der Waals surface area contributed by atoms with E-state index in [4.69, 9.17) is 10.5 Å². The predicted molar refractivity (Wildman–Crippen MR) is 110 cm³/mol. The zero-order valence-corrected chi connectivity index (χ0v) is 17.4. The summed E-state index contributed by atoms with van der Waals surface area (Å²) in [6.07, 6.45) is 2.10. The van der Waals surface area contributed by atoms with E-state index in [1.54, 1.807) is 6.07 Å². The summed E-state index contributed by atoms with van der Waals surface area (Å²) >= 11 is 0. The maximum absolute atomic E-state index is 14.7. The van der Waals surface area contributed by atoms with Gasteiger partial charge in [0.05, 0.1) is 12.3 Å². The number of nitrogens with two attached hydrogens (primary N) is 1. The highest BCUT2D eigenvalue weighted by molar-refractivity contribution is 5.97. The first-order valence-electron chi connectivity index (χ1n) is 10.1. The molecule has 1 atom stereocenters. The monoisotopic (exact) mass is 406 g/mol. The SMILES string of the molecule is CC(C)(C)CN(C1CC1)[C@@H](CN)C(=O)Nc1ccc(N2CCOCC2=O)cc1F. The van der Waals surface area contributed by atoms with Gasteiger partial charge >= 0.3 is 0 Å². The Hall–Kier alpha value is -2.03. The molecule has 8 heteroatoms. The predicted octanol–water partition coefficient (Wildman–Crippen LogP) is 1.97. The van der Waals surface area contributed by atoms with Gasteiger partial charge in [0.25, 0.3) is 5.91 Å². The van der Waals surface area contributed by atoms with E-state index >= 15 is 0 Å². The number of carbonyl (C=O) groups excluding carboxylic acids is 2. The van der Waals surface area contributed by atoms with Crippen LogP contribution in [-0.4, -0.2) is 61.6 Å². The average molecular weight is 407 g/mol. The molecule has 1 aromatic carbocycles. The number of morpholine rings is 1. The molecule has 2 aliphatic rings. The first-order chi connectivity index (χ1) is 13.7. The molecule has 0 aromatic heterocycles. The van der Waals surface area contributed by atoms with Gasteiger partial charge in [-0.1, -0.05) is 20.8 Å². The molecule has 1 saturated heterocycles. The van der Waals surface area contributed by atoms with E-state index in [2.05, 4.69) is 31.0 Å². The van der Waals surface area contributed by atoms with Gasteiger partial charge in [0.15, 0.2) is 0 Å². The van der Waals surface area contributed by atoms with Gasteiger partial charge < -0.3 is 20.7 Å². The number of nitrogens with one attached hydrogen (secondary N) is 1. The minimum atomic E-state index is -0.584. The van der Waals surface area contributed by atoms with Crippen molar-refractivity contribution in [1.29, 1.82) is 0 Å². The van der Waals surface area contributed by atoms with Crippen molar-refractivity contribution in [2.45, 2.75) is 45.7 Å². The van der Waals surface area contributed by atoms with Gasteiger partial charge in [-0.2, -0.15) is 0 Å². The number of amides is 2. The molecule has 1 saturated carbocycles. The van der Waals surface area contributed by atoms with E-state index in [0.29, 0.717) is 24.9 Å². The number of carbonyl (C=O) groups is 2. The zero-order valence-electron chi connectivity index (χ0n) is 17.4. The second-order valence-corrected chi connectivity index (χ2v) is 8.97. The number of ether oxygens (including phenoxy) is 1. The molecule has 1 heterocycles. The van der Waals surface area contributed by atoms with Gasteiger partial charge in [0, 0.05) is 31.4 Å². The largest absolute Gasteiger partial charge is 0.370 e. The van der Waals surface area contributed by atoms with E-state index in [-0.39, 0.29) is 36.1 Å². The third kappa shape index (κ3) is 5.52. The number of halogens is 1. The maximum atomic E-state index is 14.7. The van der Waals surface area contributed by atoms with Crippen LogP contribution < -0.4 is 16.0 Å². The van der Waals surface area contributed by atoms with Crippen molar-refractivity contribution in [3.8, 4) is 0 Å². The van der Waals surface area contributed by atoms with Gasteiger partial charge in [-0.05, 0) is 36.5 Å². The Morgan fingerprint density at radius 2 is 2.14 bits per heavy atom. The summed E-state index contributed by atoms with van der Waals surface area (Å²) in [4.78, 5) is 28.5. The van der Waals surface area contributed by atoms with E-state index in [1.807, 2.05) is 0 Å². The van der Waals surface area contributed by atoms with Crippen LogP contribution in [0.4, 0.5) is 15.8 Å². The number of rotatable bonds is 7. The number of hydrogen-bond acceptors (Lipinski definition) is 5. The molecule has 1 aliphatic heterocycles. The quantitative estimate of drug-likeness (QED) is 0.723. The van der Waals surface area contributed by atoms with Crippen molar-refractivity contribution in [3.05, 3.63) is 24.0 Å². The zero-order chi connectivity index (χ0) is 21.2. The molecule has 3 N–H and O–H groups in total. The van der Waals surface area contributed by atoms with Crippen LogP contribution >= 0.6 is 0 Å². The molecule has 3 rings (SSSR count). The Morgan fingerprint density at radius 3 is 2.69 bits per heavy atom. The summed E-state index contributed by atoms with van der Waals surface area (Å²) in [5.41, 5.74) is 6.50. The van der Waals surface area contributed by atoms with Crippen molar-refractivity contribution < 1.29 is 18.7 Å². The first-order valence-corrected chi connectivity index (χ1v) is 10.1. The Morgan fingerprint density at radius 1 is 1.41 bits per heavy atom. The van der Waals surface area contributed by atoms with E-state index in [0.717, 1.165) is 19.4 Å². The molecule has 1 aliphatic carbocycles. The lowest BCUT2D eigenvalue weighted by atomic mass is 9.95. The highest BCUT2D eigenvalue weighted by atomic mass is 19.1. The second kappa shape index (κ2) is 8.77. The summed E-state index contributed by atoms with van der Waals surface area (Å²) < 4.78 is 19.8. The third-order valence-corrected chi connectivity index (χ3v) is 5.11. The lowest BCUT2D eigenvalue weighted by Gasteiger charge is -2.35. The maximum Gasteiger partial charge on any atom is 0.253 e. The van der Waals surface area contributed by atoms with Crippen LogP contribution in [-0.2, 0) is 14.3 Å². The lowest BCUT2D eigenvalue weighted by Crippen LogP contribution is -2.52. The fraction of sp³-hybridized carbons (Fsp3) is 0.619. The van der Waals surface area contributed by atoms with Gasteiger partial charge in [-0.3, -0.25) is 14.5 Å². The van der Waals surface area contributed by atoms with E-state index in [1.165, 1.54) is 17.0 Å². The van der Waals surface area contributed by atoms with Crippen LogP contribution in [0.25, 0.3) is 0 Å². The summed E-state index contributed by atoms with van der Waals surface area (Å²) in [7, 11) is 0. The van der Waals surface area contributed by atoms with Crippen LogP contribution in [0, 0.1) is 11.2 Å². The first kappa shape index (κ1) is 21.7. The minimum Gasteiger partial charge on any atom is -0.370 e. The molecule has 2 amide bonds. The van der Waals surface area contributed by atoms with Gasteiger partial charge in [0.2, 0.25) is 5.91 Å². The van der Waals surface area contributed by atoms with E-state index < -0.39 is 11.9 Å². The Bertz CT molecular complexity index is 761. The van der Waals surface area contributed by atoms with Crippen LogP contribution in [0.1, 0.15) is 33.6 Å². The van der Waals surface area contributed by atoms with E-state index in [9.17, 15) is 14.0 Å². The van der Waals surface area contributed by atoms with Crippen molar-refractivity contribution in [2.24, 2.45) is 11.1 Å². The summed E-state index contributed by atoms with van der Waals surface area (Å²) in [5, 5.41) is 2.69.